The third-order valence-electron chi connectivity index (χ3n) is 4.27. The third-order valence-corrected chi connectivity index (χ3v) is 7.29. The van der Waals surface area contributed by atoms with E-state index in [2.05, 4.69) is 0 Å². The van der Waals surface area contributed by atoms with E-state index in [9.17, 15) is 9.59 Å². The van der Waals surface area contributed by atoms with Crippen LogP contribution in [0.15, 0.2) is 48.5 Å². The molecule has 1 unspecified atom stereocenters. The van der Waals surface area contributed by atoms with E-state index < -0.39 is 12.1 Å². The molecule has 1 atom stereocenters. The average Bonchev–Trinajstić information content (AvgIpc) is 2.74. The van der Waals surface area contributed by atoms with Crippen LogP contribution in [0.1, 0.15) is 44.2 Å². The molecule has 0 spiro atoms. The second-order valence-electron chi connectivity index (χ2n) is 6.19. The van der Waals surface area contributed by atoms with E-state index in [-0.39, 0.29) is 5.78 Å². The minimum atomic E-state index is -0.852. The summed E-state index contributed by atoms with van der Waals surface area (Å²) in [6.45, 7) is 1.59. The SMILES string of the molecule is COc1ccc(C(=O)C(C)OC(=O)c2ccc(C3SCCCS3)cc2)cc1. The summed E-state index contributed by atoms with van der Waals surface area (Å²) in [6.07, 6.45) is 0.395. The van der Waals surface area contributed by atoms with Crippen molar-refractivity contribution in [3.8, 4) is 5.75 Å². The van der Waals surface area contributed by atoms with Gasteiger partial charge in [0.1, 0.15) is 5.75 Å². The topological polar surface area (TPSA) is 52.6 Å². The normalized spacial score (nSPS) is 15.8. The van der Waals surface area contributed by atoms with Gasteiger partial charge in [-0.3, -0.25) is 4.79 Å². The van der Waals surface area contributed by atoms with Gasteiger partial charge in [-0.1, -0.05) is 12.1 Å². The number of thioether (sulfide) groups is 2. The summed E-state index contributed by atoms with van der Waals surface area (Å²) in [6, 6.07) is 14.3. The largest absolute Gasteiger partial charge is 0.497 e. The van der Waals surface area contributed by atoms with Crippen molar-refractivity contribution in [2.24, 2.45) is 0 Å². The Hall–Kier alpha value is -1.92. The molecule has 1 saturated heterocycles. The van der Waals surface area contributed by atoms with Crippen LogP contribution >= 0.6 is 23.5 Å². The predicted octanol–water partition coefficient (Wildman–Crippen LogP) is 4.99. The quantitative estimate of drug-likeness (QED) is 0.501. The molecular formula is C21H22O4S2. The molecule has 3 rings (SSSR count). The number of carbonyl (C=O) groups is 2. The van der Waals surface area contributed by atoms with Gasteiger partial charge in [0.15, 0.2) is 6.10 Å². The molecule has 0 amide bonds. The Morgan fingerprint density at radius 1 is 0.963 bits per heavy atom. The number of methoxy groups -OCH3 is 1. The minimum Gasteiger partial charge on any atom is -0.497 e. The van der Waals surface area contributed by atoms with Gasteiger partial charge in [-0.25, -0.2) is 4.79 Å². The highest BCUT2D eigenvalue weighted by Gasteiger charge is 2.21. The van der Waals surface area contributed by atoms with Crippen molar-refractivity contribution in [2.75, 3.05) is 18.6 Å². The number of rotatable bonds is 6. The highest BCUT2D eigenvalue weighted by atomic mass is 32.2. The lowest BCUT2D eigenvalue weighted by atomic mass is 10.1. The van der Waals surface area contributed by atoms with E-state index in [1.54, 1.807) is 50.4 Å². The smallest absolute Gasteiger partial charge is 0.338 e. The van der Waals surface area contributed by atoms with Crippen molar-refractivity contribution < 1.29 is 19.1 Å². The maximum atomic E-state index is 12.4. The lowest BCUT2D eigenvalue weighted by Gasteiger charge is -2.21. The molecule has 1 heterocycles. The van der Waals surface area contributed by atoms with Crippen LogP contribution < -0.4 is 4.74 Å². The highest BCUT2D eigenvalue weighted by Crippen LogP contribution is 2.43. The lowest BCUT2D eigenvalue weighted by Crippen LogP contribution is -2.24. The van der Waals surface area contributed by atoms with Crippen LogP contribution in [0.3, 0.4) is 0 Å². The molecule has 1 fully saturated rings. The fourth-order valence-electron chi connectivity index (χ4n) is 2.73. The van der Waals surface area contributed by atoms with Crippen LogP contribution in [0.2, 0.25) is 0 Å². The molecule has 0 N–H and O–H groups in total. The van der Waals surface area contributed by atoms with E-state index in [4.69, 9.17) is 9.47 Å². The van der Waals surface area contributed by atoms with Crippen molar-refractivity contribution in [1.29, 1.82) is 0 Å². The van der Waals surface area contributed by atoms with Gasteiger partial charge in [-0.05, 0) is 66.8 Å². The summed E-state index contributed by atoms with van der Waals surface area (Å²) < 4.78 is 10.9. The minimum absolute atomic E-state index is 0.238. The van der Waals surface area contributed by atoms with Crippen LogP contribution in [0.25, 0.3) is 0 Å². The molecule has 4 nitrogen and oxygen atoms in total. The Morgan fingerprint density at radius 3 is 2.15 bits per heavy atom. The van der Waals surface area contributed by atoms with E-state index >= 15 is 0 Å². The van der Waals surface area contributed by atoms with E-state index in [1.807, 2.05) is 35.7 Å². The number of esters is 1. The fourth-order valence-corrected chi connectivity index (χ4v) is 5.62. The molecule has 0 aromatic heterocycles. The average molecular weight is 403 g/mol. The summed E-state index contributed by atoms with van der Waals surface area (Å²) >= 11 is 3.88. The van der Waals surface area contributed by atoms with Gasteiger partial charge >= 0.3 is 5.97 Å². The fraction of sp³-hybridized carbons (Fsp3) is 0.333. The molecule has 142 valence electrons. The van der Waals surface area contributed by atoms with Gasteiger partial charge in [-0.15, -0.1) is 23.5 Å². The maximum Gasteiger partial charge on any atom is 0.338 e. The summed E-state index contributed by atoms with van der Waals surface area (Å²) in [7, 11) is 1.57. The zero-order valence-corrected chi connectivity index (χ0v) is 17.0. The van der Waals surface area contributed by atoms with Crippen molar-refractivity contribution in [1.82, 2.24) is 0 Å². The molecule has 1 aliphatic heterocycles. The number of carbonyl (C=O) groups excluding carboxylic acids is 2. The predicted molar refractivity (Wildman–Crippen MR) is 111 cm³/mol. The van der Waals surface area contributed by atoms with Gasteiger partial charge in [0.25, 0.3) is 0 Å². The van der Waals surface area contributed by atoms with Crippen LogP contribution in [-0.2, 0) is 4.74 Å². The molecule has 1 aliphatic rings. The van der Waals surface area contributed by atoms with E-state index in [1.165, 1.54) is 23.5 Å². The van der Waals surface area contributed by atoms with Crippen LogP contribution in [-0.4, -0.2) is 36.5 Å². The third kappa shape index (κ3) is 5.08. The molecule has 0 saturated carbocycles. The van der Waals surface area contributed by atoms with Gasteiger partial charge < -0.3 is 9.47 Å². The molecule has 0 bridgehead atoms. The van der Waals surface area contributed by atoms with Crippen molar-refractivity contribution in [3.63, 3.8) is 0 Å². The van der Waals surface area contributed by atoms with Gasteiger partial charge in [0.2, 0.25) is 5.78 Å². The van der Waals surface area contributed by atoms with Crippen LogP contribution in [0.4, 0.5) is 0 Å². The van der Waals surface area contributed by atoms with Gasteiger partial charge in [0, 0.05) is 5.56 Å². The number of ether oxygens (including phenoxy) is 2. The molecular weight excluding hydrogens is 380 g/mol. The van der Waals surface area contributed by atoms with Crippen LogP contribution in [0.5, 0.6) is 5.75 Å². The maximum absolute atomic E-state index is 12.4. The van der Waals surface area contributed by atoms with Crippen LogP contribution in [0, 0.1) is 0 Å². The first-order valence-electron chi connectivity index (χ1n) is 8.81. The number of benzene rings is 2. The van der Waals surface area contributed by atoms with Gasteiger partial charge in [0.05, 0.1) is 17.3 Å². The lowest BCUT2D eigenvalue weighted by molar-refractivity contribution is 0.0319. The Bertz CT molecular complexity index is 781. The first kappa shape index (κ1) is 19.8. The van der Waals surface area contributed by atoms with Crippen molar-refractivity contribution >= 4 is 35.3 Å². The molecule has 6 heteroatoms. The first-order chi connectivity index (χ1) is 13.1. The van der Waals surface area contributed by atoms with Crippen molar-refractivity contribution in [2.45, 2.75) is 24.0 Å². The monoisotopic (exact) mass is 402 g/mol. The summed E-state index contributed by atoms with van der Waals surface area (Å²) in [5.41, 5.74) is 2.15. The Balaban J connectivity index is 1.60. The second kappa shape index (κ2) is 9.33. The molecule has 0 aliphatic carbocycles. The Morgan fingerprint density at radius 2 is 1.56 bits per heavy atom. The molecule has 27 heavy (non-hydrogen) atoms. The Kier molecular flexibility index (Phi) is 6.85. The van der Waals surface area contributed by atoms with Gasteiger partial charge in [-0.2, -0.15) is 0 Å². The molecule has 2 aromatic rings. The summed E-state index contributed by atoms with van der Waals surface area (Å²) in [4.78, 5) is 24.8. The zero-order chi connectivity index (χ0) is 19.2. The first-order valence-corrected chi connectivity index (χ1v) is 10.9. The van der Waals surface area contributed by atoms with E-state index in [0.29, 0.717) is 21.5 Å². The standard InChI is InChI=1S/C21H22O4S2/c1-14(19(22)15-8-10-18(24-2)11-9-15)25-20(23)16-4-6-17(7-5-16)21-26-12-3-13-27-21/h4-11,14,21H,3,12-13H2,1-2H3. The van der Waals surface area contributed by atoms with Crippen molar-refractivity contribution in [3.05, 3.63) is 65.2 Å². The summed E-state index contributed by atoms with van der Waals surface area (Å²) in [5, 5.41) is 0. The molecule has 2 aromatic carbocycles. The number of Topliss-reactive ketones (excluding diaryl/α,β-unsaturated/α-hetero) is 1. The van der Waals surface area contributed by atoms with E-state index in [0.717, 1.165) is 0 Å². The molecule has 0 radical (unpaired) electrons. The number of hydrogen-bond donors (Lipinski definition) is 0. The number of ketones is 1. The second-order valence-corrected chi connectivity index (χ2v) is 8.91. The zero-order valence-electron chi connectivity index (χ0n) is 15.3. The number of hydrogen-bond acceptors (Lipinski definition) is 6. The summed E-state index contributed by atoms with van der Waals surface area (Å²) in [5.74, 6) is 2.29. The highest BCUT2D eigenvalue weighted by molar-refractivity contribution is 8.16. The Labute approximate surface area is 168 Å².